The average Bonchev–Trinajstić information content (AvgIpc) is 2.10. The van der Waals surface area contributed by atoms with Crippen LogP contribution in [0.1, 0.15) is 59.3 Å². The molecule has 4 bridgehead atoms. The highest BCUT2D eigenvalue weighted by Crippen LogP contribution is 2.68. The molecule has 0 spiro atoms. The van der Waals surface area contributed by atoms with Crippen molar-refractivity contribution < 1.29 is 4.79 Å². The molecule has 4 aliphatic carbocycles. The third kappa shape index (κ3) is 1.75. The second-order valence-electron chi connectivity index (χ2n) is 7.65. The first kappa shape index (κ1) is 12.2. The van der Waals surface area contributed by atoms with Gasteiger partial charge in [0.1, 0.15) is 0 Å². The molecule has 0 N–H and O–H groups in total. The summed E-state index contributed by atoms with van der Waals surface area (Å²) in [5.41, 5.74) is 1.16. The monoisotopic (exact) mass is 347 g/mol. The zero-order valence-electron chi connectivity index (χ0n) is 11.1. The van der Waals surface area contributed by atoms with E-state index >= 15 is 0 Å². The molecule has 0 saturated heterocycles. The molecule has 4 fully saturated rings. The Balaban J connectivity index is 2.00. The van der Waals surface area contributed by atoms with Gasteiger partial charge in [0.05, 0.1) is 28.4 Å². The molecule has 0 aromatic heterocycles. The first-order valence-corrected chi connectivity index (χ1v) is 7.69. The first-order chi connectivity index (χ1) is 7.76. The molecule has 17 heavy (non-hydrogen) atoms. The minimum atomic E-state index is 0.176. The molecule has 0 aromatic carbocycles. The van der Waals surface area contributed by atoms with Crippen LogP contribution in [0, 0.1) is 16.7 Å². The standard InChI is InChI=1S/C14H22INO/c1-10(17)16(15)14-6-11-4-12(2,8-14)7-13(3,5-11)9-14/h11H,4-9H2,1-3H3. The smallest absolute Gasteiger partial charge is 0.228 e. The molecule has 2 nitrogen and oxygen atoms in total. The third-order valence-electron chi connectivity index (χ3n) is 5.29. The predicted molar refractivity (Wildman–Crippen MR) is 76.7 cm³/mol. The number of hydrogen-bond donors (Lipinski definition) is 0. The Hall–Kier alpha value is 0.200. The summed E-state index contributed by atoms with van der Waals surface area (Å²) in [7, 11) is 0. The fourth-order valence-corrected chi connectivity index (χ4v) is 6.48. The molecular weight excluding hydrogens is 325 g/mol. The molecule has 4 aliphatic rings. The van der Waals surface area contributed by atoms with E-state index in [9.17, 15) is 4.79 Å². The van der Waals surface area contributed by atoms with Crippen molar-refractivity contribution in [2.24, 2.45) is 16.7 Å². The molecule has 0 radical (unpaired) electrons. The number of amides is 1. The van der Waals surface area contributed by atoms with E-state index in [2.05, 4.69) is 36.7 Å². The number of nitrogens with zero attached hydrogens (tertiary/aromatic N) is 1. The SMILES string of the molecule is CC(=O)N(I)C12CC3CC(C)(CC(C)(C3)C1)C2. The van der Waals surface area contributed by atoms with E-state index in [1.807, 2.05) is 3.11 Å². The van der Waals surface area contributed by atoms with Crippen molar-refractivity contribution >= 4 is 28.8 Å². The Morgan fingerprint density at radius 1 is 1.12 bits per heavy atom. The van der Waals surface area contributed by atoms with Crippen LogP contribution >= 0.6 is 22.9 Å². The Labute approximate surface area is 118 Å². The van der Waals surface area contributed by atoms with Crippen LogP contribution in [0.2, 0.25) is 0 Å². The molecule has 3 heteroatoms. The van der Waals surface area contributed by atoms with Crippen molar-refractivity contribution in [3.8, 4) is 0 Å². The molecule has 0 aromatic rings. The number of carbonyl (C=O) groups is 1. The average molecular weight is 347 g/mol. The zero-order chi connectivity index (χ0) is 12.5. The molecule has 4 saturated carbocycles. The van der Waals surface area contributed by atoms with Crippen molar-refractivity contribution in [3.63, 3.8) is 0 Å². The van der Waals surface area contributed by atoms with Gasteiger partial charge in [-0.1, -0.05) is 13.8 Å². The maximum atomic E-state index is 11.8. The van der Waals surface area contributed by atoms with E-state index in [0.717, 1.165) is 5.92 Å². The molecule has 0 heterocycles. The second kappa shape index (κ2) is 3.40. The fourth-order valence-electron chi connectivity index (χ4n) is 5.94. The molecule has 2 atom stereocenters. The quantitative estimate of drug-likeness (QED) is 0.520. The van der Waals surface area contributed by atoms with Crippen LogP contribution < -0.4 is 0 Å². The van der Waals surface area contributed by atoms with Crippen LogP contribution in [-0.2, 0) is 4.79 Å². The lowest BCUT2D eigenvalue weighted by atomic mass is 9.43. The van der Waals surface area contributed by atoms with Gasteiger partial charge in [-0.25, -0.2) is 0 Å². The van der Waals surface area contributed by atoms with Gasteiger partial charge in [-0.15, -0.1) is 0 Å². The van der Waals surface area contributed by atoms with Crippen LogP contribution in [0.15, 0.2) is 0 Å². The van der Waals surface area contributed by atoms with Crippen molar-refractivity contribution in [2.45, 2.75) is 64.8 Å². The van der Waals surface area contributed by atoms with E-state index in [-0.39, 0.29) is 11.4 Å². The third-order valence-corrected chi connectivity index (χ3v) is 6.99. The first-order valence-electron chi connectivity index (χ1n) is 6.73. The zero-order valence-corrected chi connectivity index (χ0v) is 13.2. The number of halogens is 1. The van der Waals surface area contributed by atoms with Crippen LogP contribution in [-0.4, -0.2) is 14.6 Å². The molecule has 4 rings (SSSR count). The van der Waals surface area contributed by atoms with Crippen molar-refractivity contribution in [2.75, 3.05) is 0 Å². The summed E-state index contributed by atoms with van der Waals surface area (Å²) in [5, 5.41) is 0. The van der Waals surface area contributed by atoms with Gasteiger partial charge in [0, 0.05) is 6.92 Å². The summed E-state index contributed by atoms with van der Waals surface area (Å²) in [4.78, 5) is 11.8. The maximum absolute atomic E-state index is 11.8. The van der Waals surface area contributed by atoms with Crippen molar-refractivity contribution in [1.82, 2.24) is 3.11 Å². The highest BCUT2D eigenvalue weighted by atomic mass is 127. The normalized spacial score (nSPS) is 51.6. The van der Waals surface area contributed by atoms with Crippen molar-refractivity contribution in [1.29, 1.82) is 0 Å². The topological polar surface area (TPSA) is 20.3 Å². The lowest BCUT2D eigenvalue weighted by Crippen LogP contribution is -2.63. The van der Waals surface area contributed by atoms with Crippen LogP contribution in [0.5, 0.6) is 0 Å². The van der Waals surface area contributed by atoms with Gasteiger partial charge in [0.15, 0.2) is 0 Å². The Morgan fingerprint density at radius 3 is 2.06 bits per heavy atom. The van der Waals surface area contributed by atoms with E-state index < -0.39 is 0 Å². The minimum absolute atomic E-state index is 0.176. The van der Waals surface area contributed by atoms with Gasteiger partial charge < -0.3 is 0 Å². The summed E-state index contributed by atoms with van der Waals surface area (Å²) < 4.78 is 2.05. The van der Waals surface area contributed by atoms with E-state index in [1.54, 1.807) is 6.92 Å². The number of rotatable bonds is 1. The maximum Gasteiger partial charge on any atom is 0.228 e. The Kier molecular flexibility index (Phi) is 2.45. The fraction of sp³-hybridized carbons (Fsp3) is 0.929. The number of hydrogen-bond acceptors (Lipinski definition) is 1. The summed E-state index contributed by atoms with van der Waals surface area (Å²) in [5.74, 6) is 1.10. The van der Waals surface area contributed by atoms with E-state index in [0.29, 0.717) is 10.8 Å². The molecule has 2 unspecified atom stereocenters. The summed E-state index contributed by atoms with van der Waals surface area (Å²) >= 11 is 2.28. The Morgan fingerprint density at radius 2 is 1.65 bits per heavy atom. The summed E-state index contributed by atoms with van der Waals surface area (Å²) in [6, 6.07) is 0. The number of carbonyl (C=O) groups excluding carboxylic acids is 1. The lowest BCUT2D eigenvalue weighted by molar-refractivity contribution is -0.153. The van der Waals surface area contributed by atoms with Gasteiger partial charge in [-0.2, -0.15) is 0 Å². The minimum Gasteiger partial charge on any atom is -0.279 e. The molecule has 96 valence electrons. The summed E-state index contributed by atoms with van der Waals surface area (Å²) in [6.45, 7) is 6.62. The van der Waals surface area contributed by atoms with Gasteiger partial charge >= 0.3 is 0 Å². The Bertz CT molecular complexity index is 362. The van der Waals surface area contributed by atoms with Gasteiger partial charge in [-0.05, 0) is 55.3 Å². The second-order valence-corrected chi connectivity index (χ2v) is 8.62. The van der Waals surface area contributed by atoms with Gasteiger partial charge in [0.25, 0.3) is 0 Å². The van der Waals surface area contributed by atoms with Gasteiger partial charge in [-0.3, -0.25) is 7.91 Å². The highest BCUT2D eigenvalue weighted by Gasteiger charge is 2.62. The largest absolute Gasteiger partial charge is 0.279 e. The summed E-state index contributed by atoms with van der Waals surface area (Å²) in [6.07, 6.45) is 7.88. The van der Waals surface area contributed by atoms with Crippen LogP contribution in [0.4, 0.5) is 0 Å². The predicted octanol–water partition coefficient (Wildman–Crippen LogP) is 3.93. The van der Waals surface area contributed by atoms with Crippen LogP contribution in [0.25, 0.3) is 0 Å². The molecule has 1 amide bonds. The van der Waals surface area contributed by atoms with Crippen LogP contribution in [0.3, 0.4) is 0 Å². The van der Waals surface area contributed by atoms with Crippen molar-refractivity contribution in [3.05, 3.63) is 0 Å². The van der Waals surface area contributed by atoms with E-state index in [4.69, 9.17) is 0 Å². The molecule has 0 aliphatic heterocycles. The van der Waals surface area contributed by atoms with E-state index in [1.165, 1.54) is 38.5 Å². The highest BCUT2D eigenvalue weighted by molar-refractivity contribution is 14.1. The molecular formula is C14H22INO. The lowest BCUT2D eigenvalue weighted by Gasteiger charge is -2.66. The van der Waals surface area contributed by atoms with Gasteiger partial charge in [0.2, 0.25) is 5.91 Å².